The third-order valence-corrected chi connectivity index (χ3v) is 3.95. The van der Waals surface area contributed by atoms with Gasteiger partial charge in [-0.25, -0.2) is 9.97 Å². The third kappa shape index (κ3) is 4.43. The Balaban J connectivity index is 1.64. The number of hydrogen-bond donors (Lipinski definition) is 2. The fraction of sp³-hybridized carbons (Fsp3) is 0.0588. The average molecular weight is 374 g/mol. The first-order valence-electron chi connectivity index (χ1n) is 7.33. The zero-order valence-corrected chi connectivity index (χ0v) is 14.4. The Bertz CT molecular complexity index is 852. The molecule has 8 heteroatoms. The summed E-state index contributed by atoms with van der Waals surface area (Å²) >= 11 is 12.2. The Labute approximate surface area is 154 Å². The molecule has 0 unspecified atom stereocenters. The van der Waals surface area contributed by atoms with E-state index < -0.39 is 0 Å². The summed E-state index contributed by atoms with van der Waals surface area (Å²) in [5.41, 5.74) is 1.82. The number of halogens is 2. The topological polar surface area (TPSA) is 79.8 Å². The number of nitrogens with zero attached hydrogens (tertiary/aromatic N) is 3. The van der Waals surface area contributed by atoms with Gasteiger partial charge in [-0.2, -0.15) is 0 Å². The standard InChI is InChI=1S/C17H13Cl2N5O/c18-13-2-1-3-14(19)15(13)24-17-22-9-12(10-23-17)16(25)21-8-11-4-6-20-7-5-11/h1-7,9-10H,8H2,(H,21,25)(H,22,23,24). The van der Waals surface area contributed by atoms with E-state index in [1.807, 2.05) is 12.1 Å². The SMILES string of the molecule is O=C(NCc1ccncc1)c1cnc(Nc2c(Cl)cccc2Cl)nc1. The van der Waals surface area contributed by atoms with Crippen molar-refractivity contribution in [3.63, 3.8) is 0 Å². The summed E-state index contributed by atoms with van der Waals surface area (Å²) in [4.78, 5) is 24.3. The minimum Gasteiger partial charge on any atom is -0.348 e. The summed E-state index contributed by atoms with van der Waals surface area (Å²) in [5.74, 6) is 0.0276. The molecule has 0 aliphatic carbocycles. The summed E-state index contributed by atoms with van der Waals surface area (Å²) in [5, 5.41) is 6.64. The molecule has 126 valence electrons. The Morgan fingerprint density at radius 3 is 2.28 bits per heavy atom. The van der Waals surface area contributed by atoms with Crippen molar-refractivity contribution >= 4 is 40.7 Å². The predicted molar refractivity (Wildman–Crippen MR) is 97.2 cm³/mol. The van der Waals surface area contributed by atoms with Crippen LogP contribution in [0, 0.1) is 0 Å². The van der Waals surface area contributed by atoms with Gasteiger partial charge in [0.25, 0.3) is 5.91 Å². The lowest BCUT2D eigenvalue weighted by molar-refractivity contribution is 0.0950. The molecule has 0 bridgehead atoms. The third-order valence-electron chi connectivity index (χ3n) is 3.32. The molecule has 1 amide bonds. The van der Waals surface area contributed by atoms with Gasteiger partial charge in [-0.05, 0) is 29.8 Å². The van der Waals surface area contributed by atoms with Gasteiger partial charge in [-0.15, -0.1) is 0 Å². The second kappa shape index (κ2) is 7.92. The quantitative estimate of drug-likeness (QED) is 0.709. The van der Waals surface area contributed by atoms with Crippen molar-refractivity contribution in [3.05, 3.63) is 76.3 Å². The van der Waals surface area contributed by atoms with Crippen molar-refractivity contribution in [1.82, 2.24) is 20.3 Å². The van der Waals surface area contributed by atoms with Crippen LogP contribution in [0.3, 0.4) is 0 Å². The minimum atomic E-state index is -0.265. The first-order valence-corrected chi connectivity index (χ1v) is 8.09. The lowest BCUT2D eigenvalue weighted by Crippen LogP contribution is -2.23. The molecule has 2 heterocycles. The van der Waals surface area contributed by atoms with E-state index in [4.69, 9.17) is 23.2 Å². The van der Waals surface area contributed by atoms with Gasteiger partial charge in [0.2, 0.25) is 5.95 Å². The maximum atomic E-state index is 12.1. The molecule has 0 aliphatic rings. The minimum absolute atomic E-state index is 0.265. The lowest BCUT2D eigenvalue weighted by atomic mass is 10.2. The van der Waals surface area contributed by atoms with Gasteiger partial charge >= 0.3 is 0 Å². The number of carbonyl (C=O) groups is 1. The van der Waals surface area contributed by atoms with Crippen LogP contribution in [-0.2, 0) is 6.54 Å². The highest BCUT2D eigenvalue weighted by molar-refractivity contribution is 6.39. The number of nitrogens with one attached hydrogen (secondary N) is 2. The highest BCUT2D eigenvalue weighted by atomic mass is 35.5. The van der Waals surface area contributed by atoms with Crippen LogP contribution in [0.4, 0.5) is 11.6 Å². The number of rotatable bonds is 5. The predicted octanol–water partition coefficient (Wildman–Crippen LogP) is 3.85. The van der Waals surface area contributed by atoms with Gasteiger partial charge in [0.1, 0.15) is 0 Å². The first kappa shape index (κ1) is 17.1. The number of amides is 1. The molecule has 0 spiro atoms. The Morgan fingerprint density at radius 1 is 1.00 bits per heavy atom. The number of pyridine rings is 1. The molecule has 0 fully saturated rings. The van der Waals surface area contributed by atoms with Crippen molar-refractivity contribution in [2.75, 3.05) is 5.32 Å². The van der Waals surface area contributed by atoms with Gasteiger partial charge in [0, 0.05) is 31.3 Å². The van der Waals surface area contributed by atoms with Crippen LogP contribution in [-0.4, -0.2) is 20.9 Å². The summed E-state index contributed by atoms with van der Waals surface area (Å²) in [6, 6.07) is 8.81. The van der Waals surface area contributed by atoms with Crippen LogP contribution in [0.2, 0.25) is 10.0 Å². The number of aromatic nitrogens is 3. The van der Waals surface area contributed by atoms with Crippen molar-refractivity contribution in [1.29, 1.82) is 0 Å². The summed E-state index contributed by atoms with van der Waals surface area (Å²) in [6.45, 7) is 0.399. The fourth-order valence-corrected chi connectivity index (χ4v) is 2.52. The zero-order valence-electron chi connectivity index (χ0n) is 12.9. The van der Waals surface area contributed by atoms with Crippen LogP contribution in [0.1, 0.15) is 15.9 Å². The molecule has 1 aromatic carbocycles. The second-order valence-corrected chi connectivity index (χ2v) is 5.87. The van der Waals surface area contributed by atoms with E-state index >= 15 is 0 Å². The highest BCUT2D eigenvalue weighted by Gasteiger charge is 2.10. The summed E-state index contributed by atoms with van der Waals surface area (Å²) in [6.07, 6.45) is 6.21. The van der Waals surface area contributed by atoms with Crippen LogP contribution < -0.4 is 10.6 Å². The van der Waals surface area contributed by atoms with Gasteiger partial charge in [-0.1, -0.05) is 29.3 Å². The Kier molecular flexibility index (Phi) is 5.42. The van der Waals surface area contributed by atoms with E-state index in [0.29, 0.717) is 33.8 Å². The number of benzene rings is 1. The molecular formula is C17H13Cl2N5O. The Morgan fingerprint density at radius 2 is 1.64 bits per heavy atom. The van der Waals surface area contributed by atoms with Crippen LogP contribution in [0.15, 0.2) is 55.1 Å². The monoisotopic (exact) mass is 373 g/mol. The molecule has 25 heavy (non-hydrogen) atoms. The van der Waals surface area contributed by atoms with Crippen LogP contribution in [0.25, 0.3) is 0 Å². The van der Waals surface area contributed by atoms with E-state index in [0.717, 1.165) is 5.56 Å². The number of hydrogen-bond acceptors (Lipinski definition) is 5. The maximum Gasteiger partial charge on any atom is 0.254 e. The molecule has 6 nitrogen and oxygen atoms in total. The lowest BCUT2D eigenvalue weighted by Gasteiger charge is -2.09. The number of anilines is 2. The molecule has 3 aromatic rings. The molecule has 2 N–H and O–H groups in total. The van der Waals surface area contributed by atoms with E-state index in [9.17, 15) is 4.79 Å². The van der Waals surface area contributed by atoms with E-state index in [-0.39, 0.29) is 5.91 Å². The van der Waals surface area contributed by atoms with E-state index in [2.05, 4.69) is 25.6 Å². The van der Waals surface area contributed by atoms with E-state index in [1.54, 1.807) is 30.6 Å². The molecular weight excluding hydrogens is 361 g/mol. The highest BCUT2D eigenvalue weighted by Crippen LogP contribution is 2.31. The van der Waals surface area contributed by atoms with Crippen molar-refractivity contribution in [3.8, 4) is 0 Å². The van der Waals surface area contributed by atoms with Gasteiger partial charge < -0.3 is 10.6 Å². The number of para-hydroxylation sites is 1. The van der Waals surface area contributed by atoms with Crippen molar-refractivity contribution < 1.29 is 4.79 Å². The largest absolute Gasteiger partial charge is 0.348 e. The normalized spacial score (nSPS) is 10.3. The second-order valence-electron chi connectivity index (χ2n) is 5.06. The van der Waals surface area contributed by atoms with Crippen LogP contribution >= 0.6 is 23.2 Å². The maximum absolute atomic E-state index is 12.1. The molecule has 0 saturated heterocycles. The first-order chi connectivity index (χ1) is 12.1. The molecule has 2 aromatic heterocycles. The van der Waals surface area contributed by atoms with Crippen molar-refractivity contribution in [2.24, 2.45) is 0 Å². The van der Waals surface area contributed by atoms with Gasteiger partial charge in [-0.3, -0.25) is 9.78 Å². The molecule has 0 atom stereocenters. The van der Waals surface area contributed by atoms with Crippen LogP contribution in [0.5, 0.6) is 0 Å². The molecule has 3 rings (SSSR count). The van der Waals surface area contributed by atoms with Gasteiger partial charge in [0.15, 0.2) is 0 Å². The molecule has 0 saturated carbocycles. The smallest absolute Gasteiger partial charge is 0.254 e. The summed E-state index contributed by atoms with van der Waals surface area (Å²) < 4.78 is 0. The van der Waals surface area contributed by atoms with E-state index in [1.165, 1.54) is 12.4 Å². The zero-order chi connectivity index (χ0) is 17.6. The number of carbonyl (C=O) groups excluding carboxylic acids is 1. The molecule has 0 radical (unpaired) electrons. The van der Waals surface area contributed by atoms with Crippen molar-refractivity contribution in [2.45, 2.75) is 6.54 Å². The summed E-state index contributed by atoms with van der Waals surface area (Å²) in [7, 11) is 0. The Hall–Kier alpha value is -2.70. The van der Waals surface area contributed by atoms with Gasteiger partial charge in [0.05, 0.1) is 21.3 Å². The fourth-order valence-electron chi connectivity index (χ4n) is 2.02. The average Bonchev–Trinajstić information content (AvgIpc) is 2.64. The molecule has 0 aliphatic heterocycles.